The fraction of sp³-hybridized carbons (Fsp3) is 0.517. The van der Waals surface area contributed by atoms with Crippen molar-refractivity contribution in [3.05, 3.63) is 71.7 Å². The number of esters is 2. The van der Waals surface area contributed by atoms with E-state index < -0.39 is 5.41 Å². The summed E-state index contributed by atoms with van der Waals surface area (Å²) in [6.07, 6.45) is 8.36. The standard InChI is InChI=1S/C29H36O5/c1-20-11-14-25-28(2,16-8-17-29(25,3)27(31)32-4)23(20)13-12-21-15-18-33-24(21)19-34-26(30)22-9-6-5-7-10-22/h5-7,9-10,15,18,23,25H,1,8,11-14,16-17,19H2,2-4H3/t23-,25-,28-,29+/m0/s1. The minimum absolute atomic E-state index is 0.0141. The molecule has 0 bridgehead atoms. The quantitative estimate of drug-likeness (QED) is 0.345. The highest BCUT2D eigenvalue weighted by Crippen LogP contribution is 2.62. The summed E-state index contributed by atoms with van der Waals surface area (Å²) in [4.78, 5) is 25.1. The van der Waals surface area contributed by atoms with E-state index in [0.29, 0.717) is 17.2 Å². The van der Waals surface area contributed by atoms with Crippen molar-refractivity contribution < 1.29 is 23.5 Å². The van der Waals surface area contributed by atoms with Gasteiger partial charge in [0.15, 0.2) is 0 Å². The number of hydrogen-bond acceptors (Lipinski definition) is 5. The number of carbonyl (C=O) groups excluding carboxylic acids is 2. The normalized spacial score (nSPS) is 28.7. The molecule has 0 spiro atoms. The monoisotopic (exact) mass is 464 g/mol. The van der Waals surface area contributed by atoms with E-state index in [0.717, 1.165) is 50.5 Å². The molecule has 2 aromatic rings. The number of hydrogen-bond donors (Lipinski definition) is 0. The molecule has 182 valence electrons. The molecule has 0 saturated heterocycles. The maximum Gasteiger partial charge on any atom is 0.338 e. The van der Waals surface area contributed by atoms with Crippen molar-refractivity contribution in [2.75, 3.05) is 7.11 Å². The molecule has 34 heavy (non-hydrogen) atoms. The zero-order valence-corrected chi connectivity index (χ0v) is 20.6. The van der Waals surface area contributed by atoms with Crippen molar-refractivity contribution in [1.29, 1.82) is 0 Å². The molecule has 0 amide bonds. The Balaban J connectivity index is 1.45. The van der Waals surface area contributed by atoms with Crippen LogP contribution in [0, 0.1) is 22.7 Å². The number of allylic oxidation sites excluding steroid dienone is 1. The SMILES string of the molecule is C=C1CC[C@H]2[C@@](C)(CCC[C@@]2(C)C(=O)OC)[C@H]1CCc1ccoc1COC(=O)c1ccccc1. The summed E-state index contributed by atoms with van der Waals surface area (Å²) in [5, 5.41) is 0. The lowest BCUT2D eigenvalue weighted by Gasteiger charge is -2.57. The minimum atomic E-state index is -0.437. The largest absolute Gasteiger partial charge is 0.469 e. The van der Waals surface area contributed by atoms with Crippen LogP contribution in [0.3, 0.4) is 0 Å². The van der Waals surface area contributed by atoms with Gasteiger partial charge in [0.25, 0.3) is 0 Å². The molecule has 5 nitrogen and oxygen atoms in total. The molecule has 1 heterocycles. The second-order valence-corrected chi connectivity index (χ2v) is 10.4. The molecule has 1 aromatic carbocycles. The van der Waals surface area contributed by atoms with Crippen molar-refractivity contribution in [2.24, 2.45) is 22.7 Å². The van der Waals surface area contributed by atoms with Gasteiger partial charge in [-0.1, -0.05) is 43.7 Å². The van der Waals surface area contributed by atoms with Gasteiger partial charge in [0.05, 0.1) is 24.4 Å². The van der Waals surface area contributed by atoms with E-state index in [1.165, 1.54) is 12.7 Å². The fourth-order valence-electron chi connectivity index (χ4n) is 6.76. The van der Waals surface area contributed by atoms with E-state index >= 15 is 0 Å². The third-order valence-corrected chi connectivity index (χ3v) is 8.56. The number of aryl methyl sites for hydroxylation is 1. The predicted molar refractivity (Wildman–Crippen MR) is 130 cm³/mol. The first-order valence-electron chi connectivity index (χ1n) is 12.3. The van der Waals surface area contributed by atoms with Crippen molar-refractivity contribution in [3.8, 4) is 0 Å². The molecular formula is C29H36O5. The van der Waals surface area contributed by atoms with Gasteiger partial charge in [-0.3, -0.25) is 4.79 Å². The highest BCUT2D eigenvalue weighted by Gasteiger charge is 2.57. The van der Waals surface area contributed by atoms with Gasteiger partial charge in [-0.2, -0.15) is 0 Å². The van der Waals surface area contributed by atoms with Gasteiger partial charge in [0.2, 0.25) is 0 Å². The van der Waals surface area contributed by atoms with E-state index in [-0.39, 0.29) is 29.9 Å². The maximum atomic E-state index is 12.8. The van der Waals surface area contributed by atoms with Crippen LogP contribution in [0.25, 0.3) is 0 Å². The number of benzene rings is 1. The van der Waals surface area contributed by atoms with Crippen molar-refractivity contribution in [3.63, 3.8) is 0 Å². The van der Waals surface area contributed by atoms with Crippen LogP contribution in [0.15, 0.2) is 59.2 Å². The number of methoxy groups -OCH3 is 1. The second kappa shape index (κ2) is 9.81. The van der Waals surface area contributed by atoms with Crippen LogP contribution >= 0.6 is 0 Å². The summed E-state index contributed by atoms with van der Waals surface area (Å²) >= 11 is 0. The summed E-state index contributed by atoms with van der Waals surface area (Å²) < 4.78 is 16.4. The second-order valence-electron chi connectivity index (χ2n) is 10.4. The average Bonchev–Trinajstić information content (AvgIpc) is 3.29. The lowest BCUT2D eigenvalue weighted by Crippen LogP contribution is -2.53. The van der Waals surface area contributed by atoms with E-state index in [4.69, 9.17) is 13.9 Å². The van der Waals surface area contributed by atoms with Gasteiger partial charge >= 0.3 is 11.9 Å². The van der Waals surface area contributed by atoms with E-state index in [2.05, 4.69) is 20.4 Å². The van der Waals surface area contributed by atoms with Gasteiger partial charge in [-0.05, 0) is 86.5 Å². The molecule has 4 rings (SSSR count). The van der Waals surface area contributed by atoms with Gasteiger partial charge < -0.3 is 13.9 Å². The van der Waals surface area contributed by atoms with Gasteiger partial charge in [-0.15, -0.1) is 0 Å². The number of furan rings is 1. The van der Waals surface area contributed by atoms with Crippen molar-refractivity contribution >= 4 is 11.9 Å². The number of rotatable bonds is 7. The molecule has 2 aliphatic rings. The first-order valence-corrected chi connectivity index (χ1v) is 12.3. The van der Waals surface area contributed by atoms with Crippen LogP contribution in [-0.4, -0.2) is 19.0 Å². The summed E-state index contributed by atoms with van der Waals surface area (Å²) in [5.74, 6) is 0.864. The molecular weight excluding hydrogens is 428 g/mol. The lowest BCUT2D eigenvalue weighted by molar-refractivity contribution is -0.168. The first-order chi connectivity index (χ1) is 16.3. The summed E-state index contributed by atoms with van der Waals surface area (Å²) in [6.45, 7) is 9.01. The Morgan fingerprint density at radius 3 is 2.65 bits per heavy atom. The molecule has 4 atom stereocenters. The molecule has 0 unspecified atom stereocenters. The summed E-state index contributed by atoms with van der Waals surface area (Å²) in [5.41, 5.74) is 2.45. The highest BCUT2D eigenvalue weighted by atomic mass is 16.5. The van der Waals surface area contributed by atoms with E-state index in [9.17, 15) is 9.59 Å². The fourth-order valence-corrected chi connectivity index (χ4v) is 6.76. The molecule has 5 heteroatoms. The van der Waals surface area contributed by atoms with Crippen LogP contribution in [-0.2, 0) is 27.3 Å². The Labute approximate surface area is 202 Å². The molecule has 2 saturated carbocycles. The Bertz CT molecular complexity index is 1040. The van der Waals surface area contributed by atoms with Crippen LogP contribution < -0.4 is 0 Å². The predicted octanol–water partition coefficient (Wildman–Crippen LogP) is 6.52. The number of carbonyl (C=O) groups is 2. The zero-order chi connectivity index (χ0) is 24.3. The molecule has 0 radical (unpaired) electrons. The highest BCUT2D eigenvalue weighted by molar-refractivity contribution is 5.89. The van der Waals surface area contributed by atoms with Gasteiger partial charge in [-0.25, -0.2) is 4.79 Å². The summed E-state index contributed by atoms with van der Waals surface area (Å²) in [6, 6.07) is 10.9. The molecule has 0 aliphatic heterocycles. The molecule has 0 N–H and O–H groups in total. The molecule has 2 aliphatic carbocycles. The minimum Gasteiger partial charge on any atom is -0.469 e. The smallest absolute Gasteiger partial charge is 0.338 e. The van der Waals surface area contributed by atoms with Gasteiger partial charge in [0.1, 0.15) is 12.4 Å². The Kier molecular flexibility index (Phi) is 7.01. The summed E-state index contributed by atoms with van der Waals surface area (Å²) in [7, 11) is 1.50. The molecule has 1 aromatic heterocycles. The third kappa shape index (κ3) is 4.45. The van der Waals surface area contributed by atoms with Crippen LogP contribution in [0.2, 0.25) is 0 Å². The Hall–Kier alpha value is -2.82. The zero-order valence-electron chi connectivity index (χ0n) is 20.6. The van der Waals surface area contributed by atoms with Crippen molar-refractivity contribution in [1.82, 2.24) is 0 Å². The molecule has 2 fully saturated rings. The average molecular weight is 465 g/mol. The van der Waals surface area contributed by atoms with E-state index in [1.54, 1.807) is 18.4 Å². The first kappa shape index (κ1) is 24.3. The topological polar surface area (TPSA) is 65.7 Å². The number of fused-ring (bicyclic) bond motifs is 1. The number of ether oxygens (including phenoxy) is 2. The third-order valence-electron chi connectivity index (χ3n) is 8.56. The van der Waals surface area contributed by atoms with Crippen molar-refractivity contribution in [2.45, 2.75) is 65.4 Å². The van der Waals surface area contributed by atoms with Crippen LogP contribution in [0.4, 0.5) is 0 Å². The Morgan fingerprint density at radius 1 is 1.15 bits per heavy atom. The van der Waals surface area contributed by atoms with E-state index in [1.807, 2.05) is 24.3 Å². The maximum absolute atomic E-state index is 12.8. The van der Waals surface area contributed by atoms with Crippen LogP contribution in [0.5, 0.6) is 0 Å². The van der Waals surface area contributed by atoms with Crippen LogP contribution in [0.1, 0.15) is 74.1 Å². The Morgan fingerprint density at radius 2 is 1.91 bits per heavy atom. The lowest BCUT2D eigenvalue weighted by atomic mass is 9.46. The van der Waals surface area contributed by atoms with Gasteiger partial charge in [0, 0.05) is 0 Å².